The molecule has 0 saturated heterocycles. The van der Waals surface area contributed by atoms with Crippen molar-refractivity contribution >= 4 is 17.9 Å². The van der Waals surface area contributed by atoms with E-state index in [1.165, 1.54) is 321 Å². The van der Waals surface area contributed by atoms with Crippen molar-refractivity contribution in [3.05, 3.63) is 36.5 Å². The number of carbonyl (C=O) groups is 3. The van der Waals surface area contributed by atoms with Crippen LogP contribution in [0, 0.1) is 0 Å². The number of likely N-dealkylation sites (N-methyl/N-ethyl adjacent to an activating group) is 1. The molecule has 524 valence electrons. The Balaban J connectivity index is 3.93. The number of hydrogen-bond donors (Lipinski definition) is 0. The van der Waals surface area contributed by atoms with E-state index in [1.54, 1.807) is 0 Å². The molecule has 0 aromatic rings. The van der Waals surface area contributed by atoms with Gasteiger partial charge in [0, 0.05) is 12.8 Å². The van der Waals surface area contributed by atoms with Crippen molar-refractivity contribution < 1.29 is 42.9 Å². The van der Waals surface area contributed by atoms with Gasteiger partial charge in [-0.3, -0.25) is 9.59 Å². The Morgan fingerprint density at radius 3 is 0.899 bits per heavy atom. The lowest BCUT2D eigenvalue weighted by Crippen LogP contribution is -2.44. The van der Waals surface area contributed by atoms with Crippen LogP contribution in [-0.2, 0) is 33.3 Å². The van der Waals surface area contributed by atoms with E-state index < -0.39 is 24.3 Å². The van der Waals surface area contributed by atoms with Crippen molar-refractivity contribution in [1.82, 2.24) is 0 Å². The molecule has 0 fully saturated rings. The van der Waals surface area contributed by atoms with Crippen molar-refractivity contribution in [2.45, 2.75) is 411 Å². The zero-order valence-corrected chi connectivity index (χ0v) is 60.1. The second-order valence-electron chi connectivity index (χ2n) is 28.0. The molecule has 2 unspecified atom stereocenters. The van der Waals surface area contributed by atoms with Crippen LogP contribution in [0.3, 0.4) is 0 Å². The second-order valence-corrected chi connectivity index (χ2v) is 28.0. The Morgan fingerprint density at radius 1 is 0.337 bits per heavy atom. The molecule has 0 aliphatic heterocycles. The molecule has 0 aliphatic rings. The number of carboxylic acid groups (broad SMARTS) is 1. The van der Waals surface area contributed by atoms with Gasteiger partial charge in [0.05, 0.1) is 40.3 Å². The van der Waals surface area contributed by atoms with Gasteiger partial charge >= 0.3 is 11.9 Å². The lowest BCUT2D eigenvalue weighted by molar-refractivity contribution is -0.870. The molecule has 0 amide bonds. The summed E-state index contributed by atoms with van der Waals surface area (Å²) in [5, 5.41) is 11.8. The summed E-state index contributed by atoms with van der Waals surface area (Å²) in [4.78, 5) is 37.5. The fourth-order valence-corrected chi connectivity index (χ4v) is 11.9. The van der Waals surface area contributed by atoms with Crippen molar-refractivity contribution in [2.24, 2.45) is 0 Å². The molecule has 9 heteroatoms. The van der Waals surface area contributed by atoms with Gasteiger partial charge in [-0.1, -0.05) is 371 Å². The average molecular weight is 1260 g/mol. The topological polar surface area (TPSA) is 111 Å². The number of nitrogens with zero attached hydrogens (tertiary/aromatic N) is 1. The molecule has 0 heterocycles. The standard InChI is InChI=1S/C80H151NO8/c1-6-8-10-12-14-16-18-20-22-24-26-28-30-31-32-33-34-35-36-37-38-39-40-41-42-43-44-45-46-47-49-51-53-55-57-59-61-63-65-67-69-71-78(83)89-76(75-88-80(79(84)85)86-73-72-81(3,4)5)74-87-77(82)70-68-66-64-62-60-58-56-54-52-50-48-29-27-25-23-21-19-17-15-13-11-9-7-2/h18,20,24,26,30-31,76,80H,6-17,19,21-23,25,27-29,32-75H2,1-5H3/b20-18-,26-24-,31-30-. The summed E-state index contributed by atoms with van der Waals surface area (Å²) >= 11 is 0. The predicted molar refractivity (Wildman–Crippen MR) is 380 cm³/mol. The van der Waals surface area contributed by atoms with Gasteiger partial charge in [0.2, 0.25) is 0 Å². The zero-order valence-electron chi connectivity index (χ0n) is 60.1. The lowest BCUT2D eigenvalue weighted by Gasteiger charge is -2.26. The SMILES string of the molecule is CCCCCCC/C=C\C/C=C\C/C=C\CCCCCCCCCCCCCCCCCCCCCCCCCCCCC(=O)OC(COC(=O)CCCCCCCCCCCCCCCCCCCCCCCCC)COC(OCC[N+](C)(C)C)C(=O)[O-]. The van der Waals surface area contributed by atoms with E-state index in [4.69, 9.17) is 18.9 Å². The number of aliphatic carboxylic acids is 1. The van der Waals surface area contributed by atoms with Crippen LogP contribution in [0.15, 0.2) is 36.5 Å². The van der Waals surface area contributed by atoms with Gasteiger partial charge in [-0.25, -0.2) is 0 Å². The summed E-state index contributed by atoms with van der Waals surface area (Å²) in [6, 6.07) is 0. The van der Waals surface area contributed by atoms with E-state index in [1.807, 2.05) is 21.1 Å². The Bertz CT molecular complexity index is 1550. The number of allylic oxidation sites excluding steroid dienone is 6. The number of rotatable bonds is 74. The fourth-order valence-electron chi connectivity index (χ4n) is 11.9. The highest BCUT2D eigenvalue weighted by Gasteiger charge is 2.22. The molecule has 89 heavy (non-hydrogen) atoms. The molecule has 0 N–H and O–H groups in total. The maximum Gasteiger partial charge on any atom is 0.306 e. The summed E-state index contributed by atoms with van der Waals surface area (Å²) in [5.74, 6) is -2.25. The molecule has 0 aliphatic carbocycles. The normalized spacial score (nSPS) is 12.8. The summed E-state index contributed by atoms with van der Waals surface area (Å²) in [6.07, 6.45) is 88.4. The van der Waals surface area contributed by atoms with E-state index >= 15 is 0 Å². The molecule has 0 rings (SSSR count). The van der Waals surface area contributed by atoms with Crippen LogP contribution in [0.1, 0.15) is 399 Å². The second kappa shape index (κ2) is 71.4. The molecule has 0 spiro atoms. The molecule has 0 radical (unpaired) electrons. The van der Waals surface area contributed by atoms with Crippen LogP contribution >= 0.6 is 0 Å². The molecule has 0 aromatic heterocycles. The van der Waals surface area contributed by atoms with E-state index in [9.17, 15) is 19.5 Å². The third kappa shape index (κ3) is 72.8. The van der Waals surface area contributed by atoms with Gasteiger partial charge in [0.1, 0.15) is 13.2 Å². The van der Waals surface area contributed by atoms with Gasteiger partial charge in [-0.2, -0.15) is 0 Å². The van der Waals surface area contributed by atoms with E-state index in [2.05, 4.69) is 50.3 Å². The number of hydrogen-bond acceptors (Lipinski definition) is 8. The molecule has 9 nitrogen and oxygen atoms in total. The number of esters is 2. The Labute approximate surface area is 553 Å². The molecule has 0 saturated carbocycles. The summed E-state index contributed by atoms with van der Waals surface area (Å²) < 4.78 is 22.9. The largest absolute Gasteiger partial charge is 0.545 e. The fraction of sp³-hybridized carbons (Fsp3) is 0.887. The monoisotopic (exact) mass is 1250 g/mol. The highest BCUT2D eigenvalue weighted by Crippen LogP contribution is 2.20. The highest BCUT2D eigenvalue weighted by atomic mass is 16.7. The van der Waals surface area contributed by atoms with E-state index in [0.717, 1.165) is 51.4 Å². The van der Waals surface area contributed by atoms with Gasteiger partial charge in [0.15, 0.2) is 12.4 Å². The van der Waals surface area contributed by atoms with Gasteiger partial charge in [-0.05, 0) is 51.4 Å². The maximum atomic E-state index is 13.0. The smallest absolute Gasteiger partial charge is 0.306 e. The first-order chi connectivity index (χ1) is 43.6. The summed E-state index contributed by atoms with van der Waals surface area (Å²) in [5.41, 5.74) is 0. The maximum absolute atomic E-state index is 13.0. The van der Waals surface area contributed by atoms with Crippen molar-refractivity contribution in [3.8, 4) is 0 Å². The number of carbonyl (C=O) groups excluding carboxylic acids is 3. The number of carboxylic acids is 1. The molecule has 0 bridgehead atoms. The Kier molecular flexibility index (Phi) is 69.4. The van der Waals surface area contributed by atoms with Gasteiger partial charge < -0.3 is 33.3 Å². The zero-order chi connectivity index (χ0) is 64.7. The predicted octanol–water partition coefficient (Wildman–Crippen LogP) is 23.4. The quantitative estimate of drug-likeness (QED) is 0.0195. The summed E-state index contributed by atoms with van der Waals surface area (Å²) in [6.45, 7) is 4.82. The number of quaternary nitrogens is 1. The first-order valence-corrected chi connectivity index (χ1v) is 39.1. The lowest BCUT2D eigenvalue weighted by atomic mass is 10.0. The van der Waals surface area contributed by atoms with Crippen LogP contribution in [0.25, 0.3) is 0 Å². The molecule has 2 atom stereocenters. The van der Waals surface area contributed by atoms with Gasteiger partial charge in [-0.15, -0.1) is 0 Å². The minimum absolute atomic E-state index is 0.152. The van der Waals surface area contributed by atoms with Crippen LogP contribution in [0.2, 0.25) is 0 Å². The minimum atomic E-state index is -1.62. The molecule has 0 aromatic carbocycles. The first-order valence-electron chi connectivity index (χ1n) is 39.1. The number of unbranched alkanes of at least 4 members (excludes halogenated alkanes) is 53. The van der Waals surface area contributed by atoms with Crippen LogP contribution in [0.4, 0.5) is 0 Å². The Morgan fingerprint density at radius 2 is 0.607 bits per heavy atom. The average Bonchev–Trinajstić information content (AvgIpc) is 3.64. The van der Waals surface area contributed by atoms with Crippen LogP contribution in [-0.4, -0.2) is 82.3 Å². The minimum Gasteiger partial charge on any atom is -0.545 e. The summed E-state index contributed by atoms with van der Waals surface area (Å²) in [7, 11) is 5.95. The van der Waals surface area contributed by atoms with E-state index in [0.29, 0.717) is 17.4 Å². The van der Waals surface area contributed by atoms with Crippen molar-refractivity contribution in [1.29, 1.82) is 0 Å². The number of ether oxygens (including phenoxy) is 4. The highest BCUT2D eigenvalue weighted by molar-refractivity contribution is 5.70. The first kappa shape index (κ1) is 86.5. The van der Waals surface area contributed by atoms with Gasteiger partial charge in [0.25, 0.3) is 0 Å². The Hall–Kier alpha value is -2.49. The van der Waals surface area contributed by atoms with Crippen LogP contribution < -0.4 is 5.11 Å². The molecular formula is C80H151NO8. The van der Waals surface area contributed by atoms with Crippen molar-refractivity contribution in [2.75, 3.05) is 47.5 Å². The van der Waals surface area contributed by atoms with Crippen molar-refractivity contribution in [3.63, 3.8) is 0 Å². The molecular weight excluding hydrogens is 1100 g/mol. The van der Waals surface area contributed by atoms with Crippen LogP contribution in [0.5, 0.6) is 0 Å². The van der Waals surface area contributed by atoms with E-state index in [-0.39, 0.29) is 32.2 Å². The third-order valence-electron chi connectivity index (χ3n) is 17.9. The third-order valence-corrected chi connectivity index (χ3v) is 17.9.